The van der Waals surface area contributed by atoms with E-state index in [0.29, 0.717) is 5.56 Å². The van der Waals surface area contributed by atoms with Crippen LogP contribution in [0.25, 0.3) is 0 Å². The summed E-state index contributed by atoms with van der Waals surface area (Å²) in [6.07, 6.45) is 0.835. The normalized spacial score (nSPS) is 12.9. The molecule has 1 N–H and O–H groups in total. The van der Waals surface area contributed by atoms with Crippen molar-refractivity contribution in [1.29, 1.82) is 0 Å². The molecule has 0 radical (unpaired) electrons. The lowest BCUT2D eigenvalue weighted by atomic mass is 10.00. The highest BCUT2D eigenvalue weighted by molar-refractivity contribution is 6.09. The number of anilines is 1. The smallest absolute Gasteiger partial charge is 0.196 e. The van der Waals surface area contributed by atoms with Crippen molar-refractivity contribution in [3.63, 3.8) is 0 Å². The molecule has 4 heteroatoms. The molecule has 0 atom stereocenters. The Morgan fingerprint density at radius 1 is 1.16 bits per heavy atom. The average molecular weight is 259 g/mol. The number of fused-ring (bicyclic) bond motifs is 1. The number of nitrogens with one attached hydrogen (secondary N) is 1. The molecule has 2 aromatic carbocycles. The van der Waals surface area contributed by atoms with Crippen molar-refractivity contribution in [2.24, 2.45) is 0 Å². The Kier molecular flexibility index (Phi) is 2.78. The number of ketones is 1. The van der Waals surface area contributed by atoms with Gasteiger partial charge in [-0.25, -0.2) is 8.78 Å². The molecule has 2 nitrogen and oxygen atoms in total. The Morgan fingerprint density at radius 3 is 2.84 bits per heavy atom. The van der Waals surface area contributed by atoms with E-state index in [1.165, 1.54) is 12.1 Å². The summed E-state index contributed by atoms with van der Waals surface area (Å²) >= 11 is 0. The number of benzene rings is 2. The Bertz CT molecular complexity index is 667. The van der Waals surface area contributed by atoms with Gasteiger partial charge in [0.2, 0.25) is 0 Å². The summed E-state index contributed by atoms with van der Waals surface area (Å²) < 4.78 is 26.7. The van der Waals surface area contributed by atoms with E-state index in [1.54, 1.807) is 18.2 Å². The zero-order valence-electron chi connectivity index (χ0n) is 10.0. The van der Waals surface area contributed by atoms with Crippen molar-refractivity contribution in [2.45, 2.75) is 6.42 Å². The van der Waals surface area contributed by atoms with E-state index in [9.17, 15) is 13.6 Å². The second-order valence-corrected chi connectivity index (χ2v) is 4.48. The quantitative estimate of drug-likeness (QED) is 0.839. The van der Waals surface area contributed by atoms with Gasteiger partial charge in [-0.2, -0.15) is 0 Å². The first-order chi connectivity index (χ1) is 9.16. The molecule has 96 valence electrons. The molecule has 1 aliphatic rings. The molecule has 1 heterocycles. The third kappa shape index (κ3) is 1.99. The van der Waals surface area contributed by atoms with Crippen LogP contribution >= 0.6 is 0 Å². The van der Waals surface area contributed by atoms with E-state index in [2.05, 4.69) is 5.32 Å². The lowest BCUT2D eigenvalue weighted by Gasteiger charge is -2.05. The van der Waals surface area contributed by atoms with Crippen molar-refractivity contribution in [3.8, 4) is 0 Å². The molecule has 0 aliphatic carbocycles. The predicted molar refractivity (Wildman–Crippen MR) is 68.4 cm³/mol. The molecule has 0 spiro atoms. The van der Waals surface area contributed by atoms with Gasteiger partial charge in [-0.05, 0) is 42.3 Å². The Balaban J connectivity index is 2.02. The molecular formula is C15H11F2NO. The molecule has 19 heavy (non-hydrogen) atoms. The minimum atomic E-state index is -1.09. The van der Waals surface area contributed by atoms with Crippen LogP contribution in [-0.2, 0) is 6.42 Å². The number of halogens is 2. The molecule has 0 amide bonds. The molecule has 0 fully saturated rings. The van der Waals surface area contributed by atoms with Gasteiger partial charge in [0.25, 0.3) is 0 Å². The van der Waals surface area contributed by atoms with Gasteiger partial charge in [0.05, 0.1) is 5.56 Å². The van der Waals surface area contributed by atoms with Crippen LogP contribution in [0.4, 0.5) is 14.5 Å². The monoisotopic (exact) mass is 259 g/mol. The van der Waals surface area contributed by atoms with Gasteiger partial charge in [0, 0.05) is 17.8 Å². The van der Waals surface area contributed by atoms with Gasteiger partial charge < -0.3 is 5.32 Å². The minimum absolute atomic E-state index is 0.231. The zero-order valence-corrected chi connectivity index (χ0v) is 10.0. The number of hydrogen-bond donors (Lipinski definition) is 1. The first-order valence-corrected chi connectivity index (χ1v) is 6.02. The highest BCUT2D eigenvalue weighted by Crippen LogP contribution is 2.25. The fraction of sp³-hybridized carbons (Fsp3) is 0.133. The van der Waals surface area contributed by atoms with Crippen molar-refractivity contribution < 1.29 is 13.6 Å². The minimum Gasteiger partial charge on any atom is -0.384 e. The second-order valence-electron chi connectivity index (χ2n) is 4.48. The molecule has 2 aromatic rings. The summed E-state index contributed by atoms with van der Waals surface area (Å²) in [5.41, 5.74) is 2.18. The zero-order chi connectivity index (χ0) is 13.4. The van der Waals surface area contributed by atoms with E-state index < -0.39 is 17.4 Å². The number of carbonyl (C=O) groups excluding carboxylic acids is 1. The van der Waals surface area contributed by atoms with Crippen LogP contribution < -0.4 is 5.32 Å². The summed E-state index contributed by atoms with van der Waals surface area (Å²) in [4.78, 5) is 12.2. The predicted octanol–water partition coefficient (Wildman–Crippen LogP) is 3.16. The molecule has 0 saturated heterocycles. The van der Waals surface area contributed by atoms with Crippen LogP contribution in [0.1, 0.15) is 21.5 Å². The molecule has 0 bridgehead atoms. The Labute approximate surface area is 109 Å². The number of carbonyl (C=O) groups is 1. The average Bonchev–Trinajstić information content (AvgIpc) is 2.88. The summed E-state index contributed by atoms with van der Waals surface area (Å²) in [6.45, 7) is 0.835. The fourth-order valence-electron chi connectivity index (χ4n) is 2.28. The number of hydrogen-bond acceptors (Lipinski definition) is 2. The van der Waals surface area contributed by atoms with Crippen molar-refractivity contribution >= 4 is 11.5 Å². The topological polar surface area (TPSA) is 29.1 Å². The highest BCUT2D eigenvalue weighted by atomic mass is 19.2. The van der Waals surface area contributed by atoms with Crippen LogP contribution in [-0.4, -0.2) is 12.3 Å². The lowest BCUT2D eigenvalue weighted by molar-refractivity contribution is 0.103. The molecule has 0 unspecified atom stereocenters. The van der Waals surface area contributed by atoms with Gasteiger partial charge in [-0.3, -0.25) is 4.79 Å². The molecule has 0 aromatic heterocycles. The molecular weight excluding hydrogens is 248 g/mol. The maximum Gasteiger partial charge on any atom is 0.196 e. The first-order valence-electron chi connectivity index (χ1n) is 6.02. The summed E-state index contributed by atoms with van der Waals surface area (Å²) in [5.74, 6) is -2.59. The largest absolute Gasteiger partial charge is 0.384 e. The van der Waals surface area contributed by atoms with Crippen molar-refractivity contribution in [1.82, 2.24) is 0 Å². The lowest BCUT2D eigenvalue weighted by Crippen LogP contribution is -2.06. The molecule has 0 saturated carbocycles. The summed E-state index contributed by atoms with van der Waals surface area (Å²) in [7, 11) is 0. The van der Waals surface area contributed by atoms with E-state index in [1.807, 2.05) is 0 Å². The van der Waals surface area contributed by atoms with Crippen molar-refractivity contribution in [2.75, 3.05) is 11.9 Å². The molecule has 3 rings (SSSR count). The van der Waals surface area contributed by atoms with E-state index >= 15 is 0 Å². The van der Waals surface area contributed by atoms with Crippen LogP contribution in [0, 0.1) is 11.6 Å². The van der Waals surface area contributed by atoms with Gasteiger partial charge in [-0.15, -0.1) is 0 Å². The van der Waals surface area contributed by atoms with Gasteiger partial charge in [0.1, 0.15) is 0 Å². The SMILES string of the molecule is O=C(c1ccc2c(c1)CCN2)c1cccc(F)c1F. The third-order valence-corrected chi connectivity index (χ3v) is 3.27. The molecule has 1 aliphatic heterocycles. The van der Waals surface area contributed by atoms with E-state index in [4.69, 9.17) is 0 Å². The van der Waals surface area contributed by atoms with Crippen molar-refractivity contribution in [3.05, 3.63) is 64.7 Å². The summed E-state index contributed by atoms with van der Waals surface area (Å²) in [6, 6.07) is 8.80. The number of rotatable bonds is 2. The fourth-order valence-corrected chi connectivity index (χ4v) is 2.28. The van der Waals surface area contributed by atoms with Crippen LogP contribution in [0.15, 0.2) is 36.4 Å². The van der Waals surface area contributed by atoms with Gasteiger partial charge >= 0.3 is 0 Å². The Hall–Kier alpha value is -2.23. The first kappa shape index (κ1) is 11.8. The second kappa shape index (κ2) is 4.46. The third-order valence-electron chi connectivity index (χ3n) is 3.27. The van der Waals surface area contributed by atoms with Crippen LogP contribution in [0.5, 0.6) is 0 Å². The van der Waals surface area contributed by atoms with Crippen LogP contribution in [0.3, 0.4) is 0 Å². The highest BCUT2D eigenvalue weighted by Gasteiger charge is 2.19. The van der Waals surface area contributed by atoms with E-state index in [0.717, 1.165) is 30.3 Å². The standard InChI is InChI=1S/C15H11F2NO/c16-12-3-1-2-11(14(12)17)15(19)10-4-5-13-9(8-10)6-7-18-13/h1-5,8,18H,6-7H2. The van der Waals surface area contributed by atoms with Gasteiger partial charge in [0.15, 0.2) is 17.4 Å². The van der Waals surface area contributed by atoms with Gasteiger partial charge in [-0.1, -0.05) is 6.07 Å². The van der Waals surface area contributed by atoms with Crippen LogP contribution in [0.2, 0.25) is 0 Å². The maximum atomic E-state index is 13.6. The van der Waals surface area contributed by atoms with E-state index in [-0.39, 0.29) is 5.56 Å². The summed E-state index contributed by atoms with van der Waals surface area (Å²) in [5, 5.41) is 3.18. The Morgan fingerprint density at radius 2 is 2.00 bits per heavy atom. The maximum absolute atomic E-state index is 13.6.